The van der Waals surface area contributed by atoms with E-state index in [-0.39, 0.29) is 10.7 Å². The van der Waals surface area contributed by atoms with Gasteiger partial charge >= 0.3 is 5.97 Å². The van der Waals surface area contributed by atoms with Gasteiger partial charge in [-0.25, -0.2) is 14.2 Å². The van der Waals surface area contributed by atoms with E-state index in [9.17, 15) is 9.18 Å². The van der Waals surface area contributed by atoms with Gasteiger partial charge in [-0.05, 0) is 25.1 Å². The summed E-state index contributed by atoms with van der Waals surface area (Å²) in [6, 6.07) is 4.18. The number of aryl methyl sites for hydroxylation is 1. The molecule has 0 aliphatic carbocycles. The maximum absolute atomic E-state index is 13.0. The Hall–Kier alpha value is -1.46. The number of hydrogen-bond donors (Lipinski definition) is 1. The van der Waals surface area contributed by atoms with Gasteiger partial charge in [0.15, 0.2) is 5.69 Å². The maximum Gasteiger partial charge on any atom is 0.355 e. The van der Waals surface area contributed by atoms with Crippen molar-refractivity contribution in [2.24, 2.45) is 0 Å². The monoisotopic (exact) mass is 271 g/mol. The SMILES string of the molecule is Cc1sc(-c2ccc(F)c(Cl)c2)nc1C(=O)O. The number of benzene rings is 1. The molecule has 1 aromatic heterocycles. The minimum Gasteiger partial charge on any atom is -0.476 e. The van der Waals surface area contributed by atoms with Crippen LogP contribution in [-0.2, 0) is 0 Å². The van der Waals surface area contributed by atoms with Gasteiger partial charge in [-0.1, -0.05) is 11.6 Å². The Balaban J connectivity index is 2.50. The summed E-state index contributed by atoms with van der Waals surface area (Å²) in [5, 5.41) is 9.39. The molecule has 1 N–H and O–H groups in total. The summed E-state index contributed by atoms with van der Waals surface area (Å²) in [5.74, 6) is -1.58. The Morgan fingerprint density at radius 1 is 1.53 bits per heavy atom. The summed E-state index contributed by atoms with van der Waals surface area (Å²) < 4.78 is 13.0. The third-order valence-electron chi connectivity index (χ3n) is 2.17. The Morgan fingerprint density at radius 3 is 2.76 bits per heavy atom. The van der Waals surface area contributed by atoms with E-state index in [1.807, 2.05) is 0 Å². The van der Waals surface area contributed by atoms with Crippen LogP contribution in [0, 0.1) is 12.7 Å². The molecule has 0 radical (unpaired) electrons. The van der Waals surface area contributed by atoms with Gasteiger partial charge in [0.05, 0.1) is 5.02 Å². The first kappa shape index (κ1) is 12.0. The molecule has 0 unspecified atom stereocenters. The predicted octanol–water partition coefficient (Wildman–Crippen LogP) is 3.61. The Bertz CT molecular complexity index is 597. The molecular weight excluding hydrogens is 265 g/mol. The summed E-state index contributed by atoms with van der Waals surface area (Å²) in [5.41, 5.74) is 0.627. The summed E-state index contributed by atoms with van der Waals surface area (Å²) in [7, 11) is 0. The molecule has 0 atom stereocenters. The second-order valence-corrected chi connectivity index (χ2v) is 4.97. The molecule has 0 aliphatic rings. The second kappa shape index (κ2) is 4.43. The Kier molecular flexibility index (Phi) is 3.13. The van der Waals surface area contributed by atoms with E-state index >= 15 is 0 Å². The standard InChI is InChI=1S/C11H7ClFNO2S/c1-5-9(11(15)16)14-10(17-5)6-2-3-8(13)7(12)4-6/h2-4H,1H3,(H,15,16). The van der Waals surface area contributed by atoms with Crippen LogP contribution in [-0.4, -0.2) is 16.1 Å². The first-order valence-corrected chi connectivity index (χ1v) is 5.84. The number of carboxylic acids is 1. The number of rotatable bonds is 2. The fourth-order valence-corrected chi connectivity index (χ4v) is 2.43. The highest BCUT2D eigenvalue weighted by Gasteiger charge is 2.15. The summed E-state index contributed by atoms with van der Waals surface area (Å²) in [6.07, 6.45) is 0. The first-order valence-electron chi connectivity index (χ1n) is 4.65. The summed E-state index contributed by atoms with van der Waals surface area (Å²) in [6.45, 7) is 1.68. The van der Waals surface area contributed by atoms with Crippen molar-refractivity contribution >= 4 is 28.9 Å². The molecule has 2 aromatic rings. The van der Waals surface area contributed by atoms with Crippen molar-refractivity contribution in [1.82, 2.24) is 4.98 Å². The van der Waals surface area contributed by atoms with Gasteiger partial charge in [-0.15, -0.1) is 11.3 Å². The van der Waals surface area contributed by atoms with Crippen LogP contribution in [0.2, 0.25) is 5.02 Å². The molecule has 3 nitrogen and oxygen atoms in total. The summed E-state index contributed by atoms with van der Waals surface area (Å²) in [4.78, 5) is 15.4. The molecule has 0 saturated heterocycles. The molecule has 88 valence electrons. The lowest BCUT2D eigenvalue weighted by Gasteiger charge is -1.97. The van der Waals surface area contributed by atoms with Crippen molar-refractivity contribution in [2.45, 2.75) is 6.92 Å². The average Bonchev–Trinajstić information content (AvgIpc) is 2.64. The number of aromatic carboxylic acids is 1. The van der Waals surface area contributed by atoms with E-state index in [0.717, 1.165) is 0 Å². The Morgan fingerprint density at radius 2 is 2.24 bits per heavy atom. The smallest absolute Gasteiger partial charge is 0.355 e. The number of nitrogens with zero attached hydrogens (tertiary/aromatic N) is 1. The topological polar surface area (TPSA) is 50.2 Å². The fraction of sp³-hybridized carbons (Fsp3) is 0.0909. The molecule has 2 rings (SSSR count). The summed E-state index contributed by atoms with van der Waals surface area (Å²) >= 11 is 6.90. The average molecular weight is 272 g/mol. The molecule has 0 spiro atoms. The molecular formula is C11H7ClFNO2S. The van der Waals surface area contributed by atoms with Crippen LogP contribution in [0.1, 0.15) is 15.4 Å². The molecule has 0 fully saturated rings. The third-order valence-corrected chi connectivity index (χ3v) is 3.48. The highest BCUT2D eigenvalue weighted by Crippen LogP contribution is 2.30. The van der Waals surface area contributed by atoms with Gasteiger partial charge in [0.25, 0.3) is 0 Å². The molecule has 6 heteroatoms. The van der Waals surface area contributed by atoms with Crippen molar-refractivity contribution in [2.75, 3.05) is 0 Å². The van der Waals surface area contributed by atoms with E-state index in [2.05, 4.69) is 4.98 Å². The minimum atomic E-state index is -1.07. The molecule has 17 heavy (non-hydrogen) atoms. The molecule has 0 aliphatic heterocycles. The van der Waals surface area contributed by atoms with Gasteiger partial charge in [0, 0.05) is 10.4 Å². The normalized spacial score (nSPS) is 10.5. The van der Waals surface area contributed by atoms with Crippen LogP contribution in [0.4, 0.5) is 4.39 Å². The zero-order valence-corrected chi connectivity index (χ0v) is 10.3. The zero-order valence-electron chi connectivity index (χ0n) is 8.70. The highest BCUT2D eigenvalue weighted by atomic mass is 35.5. The number of carbonyl (C=O) groups is 1. The highest BCUT2D eigenvalue weighted by molar-refractivity contribution is 7.15. The predicted molar refractivity (Wildman–Crippen MR) is 64.2 cm³/mol. The second-order valence-electron chi connectivity index (χ2n) is 3.36. The van der Waals surface area contributed by atoms with Crippen LogP contribution in [0.3, 0.4) is 0 Å². The number of thiazole rings is 1. The first-order chi connectivity index (χ1) is 7.99. The quantitative estimate of drug-likeness (QED) is 0.908. The van der Waals surface area contributed by atoms with E-state index in [1.54, 1.807) is 6.92 Å². The fourth-order valence-electron chi connectivity index (χ4n) is 1.35. The van der Waals surface area contributed by atoms with E-state index < -0.39 is 11.8 Å². The number of aromatic nitrogens is 1. The lowest BCUT2D eigenvalue weighted by molar-refractivity contribution is 0.0690. The van der Waals surface area contributed by atoms with E-state index in [4.69, 9.17) is 16.7 Å². The van der Waals surface area contributed by atoms with Crippen LogP contribution in [0.5, 0.6) is 0 Å². The van der Waals surface area contributed by atoms with E-state index in [0.29, 0.717) is 15.4 Å². The van der Waals surface area contributed by atoms with Crippen molar-refractivity contribution < 1.29 is 14.3 Å². The third kappa shape index (κ3) is 2.30. The van der Waals surface area contributed by atoms with Crippen LogP contribution >= 0.6 is 22.9 Å². The van der Waals surface area contributed by atoms with Crippen molar-refractivity contribution in [3.05, 3.63) is 39.6 Å². The maximum atomic E-state index is 13.0. The van der Waals surface area contributed by atoms with Crippen LogP contribution in [0.25, 0.3) is 10.6 Å². The molecule has 0 amide bonds. The van der Waals surface area contributed by atoms with Crippen LogP contribution < -0.4 is 0 Å². The number of hydrogen-bond acceptors (Lipinski definition) is 3. The minimum absolute atomic E-state index is 0.00720. The lowest BCUT2D eigenvalue weighted by atomic mass is 10.2. The van der Waals surface area contributed by atoms with Crippen molar-refractivity contribution in [3.63, 3.8) is 0 Å². The van der Waals surface area contributed by atoms with Gasteiger partial charge < -0.3 is 5.11 Å². The van der Waals surface area contributed by atoms with Crippen LogP contribution in [0.15, 0.2) is 18.2 Å². The van der Waals surface area contributed by atoms with Gasteiger partial charge in [-0.3, -0.25) is 0 Å². The Labute approximate surface area is 106 Å². The number of carboxylic acid groups (broad SMARTS) is 1. The molecule has 1 heterocycles. The largest absolute Gasteiger partial charge is 0.476 e. The molecule has 0 bridgehead atoms. The lowest BCUT2D eigenvalue weighted by Crippen LogP contribution is -1.98. The van der Waals surface area contributed by atoms with Gasteiger partial charge in [0.1, 0.15) is 10.8 Å². The van der Waals surface area contributed by atoms with Gasteiger partial charge in [0.2, 0.25) is 0 Å². The molecule has 0 saturated carbocycles. The van der Waals surface area contributed by atoms with Crippen molar-refractivity contribution in [3.8, 4) is 10.6 Å². The van der Waals surface area contributed by atoms with E-state index in [1.165, 1.54) is 29.5 Å². The molecule has 1 aromatic carbocycles. The van der Waals surface area contributed by atoms with Gasteiger partial charge in [-0.2, -0.15) is 0 Å². The number of halogens is 2. The zero-order chi connectivity index (χ0) is 12.6. The van der Waals surface area contributed by atoms with Crippen molar-refractivity contribution in [1.29, 1.82) is 0 Å².